The summed E-state index contributed by atoms with van der Waals surface area (Å²) in [6.45, 7) is 7.17. The number of piperazine rings is 1. The third-order valence-electron chi connectivity index (χ3n) is 5.98. The van der Waals surface area contributed by atoms with Gasteiger partial charge in [0, 0.05) is 37.8 Å². The molecule has 1 aliphatic heterocycles. The second-order valence-corrected chi connectivity index (χ2v) is 8.52. The number of hydrogen-bond donors (Lipinski definition) is 0. The third kappa shape index (κ3) is 5.08. The summed E-state index contributed by atoms with van der Waals surface area (Å²) < 4.78 is 0. The molecule has 1 atom stereocenters. The number of rotatable bonds is 7. The van der Waals surface area contributed by atoms with Crippen molar-refractivity contribution < 1.29 is 4.79 Å². The molecule has 1 aromatic carbocycles. The molecule has 0 radical (unpaired) electrons. The Hall–Kier alpha value is -1.39. The summed E-state index contributed by atoms with van der Waals surface area (Å²) >= 11 is 0. The number of benzene rings is 1. The molecular weight excluding hydrogens is 322 g/mol. The summed E-state index contributed by atoms with van der Waals surface area (Å²) in [7, 11) is 4.12. The van der Waals surface area contributed by atoms with Gasteiger partial charge in [-0.15, -0.1) is 0 Å². The standard InChI is InChI=1S/C22H35N3O/c1-18-16-24(13-5-8-19-6-4-7-19)14-15-25(18)22(26)21-11-9-20(10-12-21)17-23(2)3/h9-12,18-19H,4-8,13-17H2,1-3H3/t18-/m0/s1. The van der Waals surface area contributed by atoms with Gasteiger partial charge in [-0.25, -0.2) is 0 Å². The van der Waals surface area contributed by atoms with Crippen molar-refractivity contribution in [3.63, 3.8) is 0 Å². The number of amides is 1. The summed E-state index contributed by atoms with van der Waals surface area (Å²) in [5, 5.41) is 0. The molecule has 144 valence electrons. The van der Waals surface area contributed by atoms with Gasteiger partial charge in [0.05, 0.1) is 0 Å². The van der Waals surface area contributed by atoms with E-state index in [0.717, 1.165) is 37.7 Å². The highest BCUT2D eigenvalue weighted by atomic mass is 16.2. The van der Waals surface area contributed by atoms with E-state index >= 15 is 0 Å². The van der Waals surface area contributed by atoms with Crippen LogP contribution in [0.25, 0.3) is 0 Å². The van der Waals surface area contributed by atoms with Crippen LogP contribution < -0.4 is 0 Å². The summed E-state index contributed by atoms with van der Waals surface area (Å²) in [5.74, 6) is 1.19. The second-order valence-electron chi connectivity index (χ2n) is 8.52. The molecule has 4 heteroatoms. The van der Waals surface area contributed by atoms with Gasteiger partial charge in [-0.05, 0) is 64.0 Å². The van der Waals surface area contributed by atoms with Crippen LogP contribution in [-0.4, -0.2) is 66.9 Å². The Morgan fingerprint density at radius 1 is 1.15 bits per heavy atom. The van der Waals surface area contributed by atoms with Gasteiger partial charge in [-0.2, -0.15) is 0 Å². The van der Waals surface area contributed by atoms with Crippen molar-refractivity contribution in [3.05, 3.63) is 35.4 Å². The van der Waals surface area contributed by atoms with Crippen LogP contribution in [0.2, 0.25) is 0 Å². The minimum Gasteiger partial charge on any atom is -0.333 e. The molecule has 26 heavy (non-hydrogen) atoms. The molecule has 1 aromatic rings. The van der Waals surface area contributed by atoms with E-state index in [1.807, 2.05) is 12.1 Å². The largest absolute Gasteiger partial charge is 0.333 e. The van der Waals surface area contributed by atoms with Crippen LogP contribution in [-0.2, 0) is 6.54 Å². The van der Waals surface area contributed by atoms with Gasteiger partial charge in [0.2, 0.25) is 0 Å². The summed E-state index contributed by atoms with van der Waals surface area (Å²) in [6.07, 6.45) is 7.06. The van der Waals surface area contributed by atoms with Gasteiger partial charge >= 0.3 is 0 Å². The molecular formula is C22H35N3O. The fourth-order valence-corrected chi connectivity index (χ4v) is 4.21. The summed E-state index contributed by atoms with van der Waals surface area (Å²) in [6, 6.07) is 8.42. The fraction of sp³-hybridized carbons (Fsp3) is 0.682. The molecule has 1 saturated heterocycles. The lowest BCUT2D eigenvalue weighted by Gasteiger charge is -2.40. The minimum atomic E-state index is 0.183. The normalized spacial score (nSPS) is 21.8. The first-order valence-electron chi connectivity index (χ1n) is 10.3. The molecule has 0 bridgehead atoms. The zero-order chi connectivity index (χ0) is 18.5. The second kappa shape index (κ2) is 9.01. The average Bonchev–Trinajstić information content (AvgIpc) is 2.57. The van der Waals surface area contributed by atoms with Crippen LogP contribution in [0.4, 0.5) is 0 Å². The van der Waals surface area contributed by atoms with Crippen molar-refractivity contribution in [2.45, 2.75) is 51.6 Å². The zero-order valence-electron chi connectivity index (χ0n) is 16.8. The Labute approximate surface area is 159 Å². The summed E-state index contributed by atoms with van der Waals surface area (Å²) in [5.41, 5.74) is 2.06. The van der Waals surface area contributed by atoms with Crippen molar-refractivity contribution in [2.75, 3.05) is 40.3 Å². The van der Waals surface area contributed by atoms with Gasteiger partial charge < -0.3 is 9.80 Å². The molecule has 4 nitrogen and oxygen atoms in total. The van der Waals surface area contributed by atoms with Gasteiger partial charge in [0.15, 0.2) is 0 Å². The molecule has 1 aliphatic carbocycles. The van der Waals surface area contributed by atoms with Crippen molar-refractivity contribution in [3.8, 4) is 0 Å². The molecule has 1 saturated carbocycles. The lowest BCUT2D eigenvalue weighted by Crippen LogP contribution is -2.54. The topological polar surface area (TPSA) is 26.8 Å². The molecule has 0 N–H and O–H groups in total. The minimum absolute atomic E-state index is 0.183. The molecule has 0 spiro atoms. The molecule has 3 rings (SSSR count). The monoisotopic (exact) mass is 357 g/mol. The highest BCUT2D eigenvalue weighted by Gasteiger charge is 2.28. The van der Waals surface area contributed by atoms with E-state index in [2.05, 4.69) is 47.9 Å². The van der Waals surface area contributed by atoms with Gasteiger partial charge in [0.1, 0.15) is 0 Å². The Morgan fingerprint density at radius 3 is 2.46 bits per heavy atom. The van der Waals surface area contributed by atoms with Crippen LogP contribution in [0.3, 0.4) is 0 Å². The SMILES string of the molecule is C[C@H]1CN(CCCC2CCC2)CCN1C(=O)c1ccc(CN(C)C)cc1. The van der Waals surface area contributed by atoms with E-state index in [0.29, 0.717) is 6.04 Å². The predicted octanol–water partition coefficient (Wildman–Crippen LogP) is 3.47. The number of carbonyl (C=O) groups is 1. The molecule has 2 aliphatic rings. The van der Waals surface area contributed by atoms with Gasteiger partial charge in [-0.1, -0.05) is 31.4 Å². The Kier molecular flexibility index (Phi) is 6.71. The van der Waals surface area contributed by atoms with Crippen molar-refractivity contribution in [2.24, 2.45) is 5.92 Å². The van der Waals surface area contributed by atoms with E-state index in [4.69, 9.17) is 0 Å². The van der Waals surface area contributed by atoms with Crippen LogP contribution in [0, 0.1) is 5.92 Å². The Morgan fingerprint density at radius 2 is 1.88 bits per heavy atom. The van der Waals surface area contributed by atoms with Gasteiger partial charge in [0.25, 0.3) is 5.91 Å². The maximum Gasteiger partial charge on any atom is 0.254 e. The average molecular weight is 358 g/mol. The lowest BCUT2D eigenvalue weighted by atomic mass is 9.82. The van der Waals surface area contributed by atoms with Crippen molar-refractivity contribution in [1.29, 1.82) is 0 Å². The van der Waals surface area contributed by atoms with E-state index in [9.17, 15) is 4.79 Å². The first-order chi connectivity index (χ1) is 12.5. The van der Waals surface area contributed by atoms with Crippen molar-refractivity contribution in [1.82, 2.24) is 14.7 Å². The maximum absolute atomic E-state index is 12.9. The number of carbonyl (C=O) groups excluding carboxylic acids is 1. The smallest absolute Gasteiger partial charge is 0.254 e. The molecule has 1 amide bonds. The first-order valence-corrected chi connectivity index (χ1v) is 10.3. The van der Waals surface area contributed by atoms with Crippen LogP contribution in [0.15, 0.2) is 24.3 Å². The Balaban J connectivity index is 1.47. The zero-order valence-corrected chi connectivity index (χ0v) is 16.8. The highest BCUT2D eigenvalue weighted by molar-refractivity contribution is 5.94. The predicted molar refractivity (Wildman–Crippen MR) is 107 cm³/mol. The number of nitrogens with zero attached hydrogens (tertiary/aromatic N) is 3. The van der Waals surface area contributed by atoms with Crippen LogP contribution >= 0.6 is 0 Å². The maximum atomic E-state index is 12.9. The first kappa shape index (κ1) is 19.4. The van der Waals surface area contributed by atoms with E-state index in [1.54, 1.807) is 0 Å². The fourth-order valence-electron chi connectivity index (χ4n) is 4.21. The molecule has 0 unspecified atom stereocenters. The van der Waals surface area contributed by atoms with Crippen molar-refractivity contribution >= 4 is 5.91 Å². The van der Waals surface area contributed by atoms with E-state index < -0.39 is 0 Å². The summed E-state index contributed by atoms with van der Waals surface area (Å²) in [4.78, 5) is 19.6. The third-order valence-corrected chi connectivity index (χ3v) is 5.98. The molecule has 0 aromatic heterocycles. The molecule has 2 fully saturated rings. The number of hydrogen-bond acceptors (Lipinski definition) is 3. The molecule has 1 heterocycles. The van der Waals surface area contributed by atoms with E-state index in [1.165, 1.54) is 44.2 Å². The van der Waals surface area contributed by atoms with Crippen LogP contribution in [0.5, 0.6) is 0 Å². The Bertz CT molecular complexity index is 580. The quantitative estimate of drug-likeness (QED) is 0.747. The van der Waals surface area contributed by atoms with Crippen LogP contribution in [0.1, 0.15) is 54.9 Å². The van der Waals surface area contributed by atoms with E-state index in [-0.39, 0.29) is 5.91 Å². The van der Waals surface area contributed by atoms with Gasteiger partial charge in [-0.3, -0.25) is 9.69 Å². The lowest BCUT2D eigenvalue weighted by molar-refractivity contribution is 0.0482. The highest BCUT2D eigenvalue weighted by Crippen LogP contribution is 2.30.